The molecule has 5 heteroatoms. The summed E-state index contributed by atoms with van der Waals surface area (Å²) in [6, 6.07) is 5.22. The lowest BCUT2D eigenvalue weighted by Crippen LogP contribution is -2.33. The topological polar surface area (TPSA) is 73.6 Å². The third kappa shape index (κ3) is 2.68. The van der Waals surface area contributed by atoms with Crippen molar-refractivity contribution in [3.63, 3.8) is 0 Å². The molecule has 1 aromatic rings. The first-order chi connectivity index (χ1) is 8.20. The van der Waals surface area contributed by atoms with Gasteiger partial charge in [0, 0.05) is 11.6 Å². The second kappa shape index (κ2) is 5.05. The van der Waals surface area contributed by atoms with Crippen LogP contribution in [0.25, 0.3) is 0 Å². The summed E-state index contributed by atoms with van der Waals surface area (Å²) in [5.74, 6) is 1.17. The van der Waals surface area contributed by atoms with Crippen LogP contribution >= 0.6 is 0 Å². The molecule has 2 rings (SSSR count). The monoisotopic (exact) mass is 236 g/mol. The molecule has 1 heterocycles. The minimum absolute atomic E-state index is 0.0675. The van der Waals surface area contributed by atoms with Gasteiger partial charge in [0.25, 0.3) is 5.91 Å². The lowest BCUT2D eigenvalue weighted by atomic mass is 10.1. The lowest BCUT2D eigenvalue weighted by molar-refractivity contribution is 0.0938. The summed E-state index contributed by atoms with van der Waals surface area (Å²) < 4.78 is 10.4. The van der Waals surface area contributed by atoms with Gasteiger partial charge in [-0.3, -0.25) is 4.79 Å². The van der Waals surface area contributed by atoms with Gasteiger partial charge in [0.05, 0.1) is 0 Å². The molecule has 0 aliphatic carbocycles. The molecule has 1 aliphatic rings. The van der Waals surface area contributed by atoms with Crippen LogP contribution in [0.3, 0.4) is 0 Å². The first-order valence-corrected chi connectivity index (χ1v) is 5.61. The van der Waals surface area contributed by atoms with E-state index < -0.39 is 0 Å². The van der Waals surface area contributed by atoms with Crippen LogP contribution in [0.4, 0.5) is 0 Å². The van der Waals surface area contributed by atoms with Gasteiger partial charge in [-0.25, -0.2) is 0 Å². The van der Waals surface area contributed by atoms with Gasteiger partial charge >= 0.3 is 0 Å². The highest BCUT2D eigenvalue weighted by atomic mass is 16.7. The van der Waals surface area contributed by atoms with Gasteiger partial charge in [0.1, 0.15) is 0 Å². The average Bonchev–Trinajstić information content (AvgIpc) is 2.75. The molecule has 1 atom stereocenters. The van der Waals surface area contributed by atoms with E-state index in [1.54, 1.807) is 18.2 Å². The molecule has 92 valence electrons. The maximum absolute atomic E-state index is 11.9. The fraction of sp³-hybridized carbons (Fsp3) is 0.417. The maximum atomic E-state index is 11.9. The Balaban J connectivity index is 2.04. The Morgan fingerprint density at radius 3 is 3.00 bits per heavy atom. The fourth-order valence-electron chi connectivity index (χ4n) is 1.67. The summed E-state index contributed by atoms with van der Waals surface area (Å²) in [6.45, 7) is 2.70. The summed E-state index contributed by atoms with van der Waals surface area (Å²) in [4.78, 5) is 11.9. The van der Waals surface area contributed by atoms with Crippen LogP contribution in [0.5, 0.6) is 11.5 Å². The quantitative estimate of drug-likeness (QED) is 0.814. The van der Waals surface area contributed by atoms with E-state index in [1.807, 2.05) is 6.92 Å². The third-order valence-electron chi connectivity index (χ3n) is 2.61. The first-order valence-electron chi connectivity index (χ1n) is 5.61. The third-order valence-corrected chi connectivity index (χ3v) is 2.61. The average molecular weight is 236 g/mol. The SMILES string of the molecule is CC(CCN)NC(=O)c1ccc2c(c1)OCO2. The van der Waals surface area contributed by atoms with Crippen molar-refractivity contribution < 1.29 is 14.3 Å². The van der Waals surface area contributed by atoms with E-state index in [0.29, 0.717) is 23.6 Å². The number of hydrogen-bond donors (Lipinski definition) is 2. The van der Waals surface area contributed by atoms with Crippen molar-refractivity contribution in [3.05, 3.63) is 23.8 Å². The zero-order valence-corrected chi connectivity index (χ0v) is 9.73. The van der Waals surface area contributed by atoms with Crippen molar-refractivity contribution in [1.82, 2.24) is 5.32 Å². The van der Waals surface area contributed by atoms with Gasteiger partial charge in [-0.05, 0) is 38.1 Å². The summed E-state index contributed by atoms with van der Waals surface area (Å²) >= 11 is 0. The smallest absolute Gasteiger partial charge is 0.251 e. The van der Waals surface area contributed by atoms with E-state index in [-0.39, 0.29) is 18.7 Å². The normalized spacial score (nSPS) is 14.5. The molecule has 5 nitrogen and oxygen atoms in total. The number of hydrogen-bond acceptors (Lipinski definition) is 4. The number of fused-ring (bicyclic) bond motifs is 1. The lowest BCUT2D eigenvalue weighted by Gasteiger charge is -2.12. The number of ether oxygens (including phenoxy) is 2. The summed E-state index contributed by atoms with van der Waals surface area (Å²) in [5, 5.41) is 2.87. The highest BCUT2D eigenvalue weighted by Gasteiger charge is 2.16. The van der Waals surface area contributed by atoms with Crippen molar-refractivity contribution in [2.45, 2.75) is 19.4 Å². The predicted molar refractivity (Wildman–Crippen MR) is 63.2 cm³/mol. The molecular weight excluding hydrogens is 220 g/mol. The fourth-order valence-corrected chi connectivity index (χ4v) is 1.67. The van der Waals surface area contributed by atoms with Crippen LogP contribution in [0.1, 0.15) is 23.7 Å². The summed E-state index contributed by atoms with van der Waals surface area (Å²) in [6.07, 6.45) is 0.760. The number of nitrogens with two attached hydrogens (primary N) is 1. The van der Waals surface area contributed by atoms with E-state index >= 15 is 0 Å². The predicted octanol–water partition coefficient (Wildman–Crippen LogP) is 0.882. The van der Waals surface area contributed by atoms with Crippen molar-refractivity contribution in [2.24, 2.45) is 5.73 Å². The molecule has 0 saturated heterocycles. The number of nitrogens with one attached hydrogen (secondary N) is 1. The van der Waals surface area contributed by atoms with E-state index in [4.69, 9.17) is 15.2 Å². The van der Waals surface area contributed by atoms with Crippen molar-refractivity contribution in [2.75, 3.05) is 13.3 Å². The van der Waals surface area contributed by atoms with E-state index in [1.165, 1.54) is 0 Å². The molecule has 1 amide bonds. The largest absolute Gasteiger partial charge is 0.454 e. The Bertz CT molecular complexity index is 420. The van der Waals surface area contributed by atoms with Gasteiger partial charge in [-0.2, -0.15) is 0 Å². The van der Waals surface area contributed by atoms with Crippen LogP contribution < -0.4 is 20.5 Å². The van der Waals surface area contributed by atoms with Crippen molar-refractivity contribution >= 4 is 5.91 Å². The molecule has 0 spiro atoms. The molecule has 1 aliphatic heterocycles. The number of rotatable bonds is 4. The van der Waals surface area contributed by atoms with Gasteiger partial charge in [-0.15, -0.1) is 0 Å². The van der Waals surface area contributed by atoms with Crippen LogP contribution in [0.15, 0.2) is 18.2 Å². The van der Waals surface area contributed by atoms with Crippen LogP contribution in [-0.4, -0.2) is 25.3 Å². The molecule has 0 bridgehead atoms. The molecule has 17 heavy (non-hydrogen) atoms. The zero-order chi connectivity index (χ0) is 12.3. The van der Waals surface area contributed by atoms with Crippen LogP contribution in [-0.2, 0) is 0 Å². The van der Waals surface area contributed by atoms with Crippen molar-refractivity contribution in [1.29, 1.82) is 0 Å². The minimum atomic E-state index is -0.121. The Morgan fingerprint density at radius 2 is 2.24 bits per heavy atom. The standard InChI is InChI=1S/C12H16N2O3/c1-8(4-5-13)14-12(15)9-2-3-10-11(6-9)17-7-16-10/h2-3,6,8H,4-5,7,13H2,1H3,(H,14,15). The number of benzene rings is 1. The number of amides is 1. The molecule has 0 radical (unpaired) electrons. The highest BCUT2D eigenvalue weighted by Crippen LogP contribution is 2.32. The Labute approximate surface area is 99.9 Å². The molecule has 3 N–H and O–H groups in total. The first kappa shape index (κ1) is 11.7. The molecule has 0 saturated carbocycles. The summed E-state index contributed by atoms with van der Waals surface area (Å²) in [5.41, 5.74) is 6.00. The molecule has 1 unspecified atom stereocenters. The highest BCUT2D eigenvalue weighted by molar-refractivity contribution is 5.95. The molecule has 0 aromatic heterocycles. The molecule has 0 fully saturated rings. The van der Waals surface area contributed by atoms with Gasteiger partial charge in [0.2, 0.25) is 6.79 Å². The number of carbonyl (C=O) groups is 1. The van der Waals surface area contributed by atoms with Gasteiger partial charge < -0.3 is 20.5 Å². The maximum Gasteiger partial charge on any atom is 0.251 e. The zero-order valence-electron chi connectivity index (χ0n) is 9.73. The Kier molecular flexibility index (Phi) is 3.49. The van der Waals surface area contributed by atoms with Crippen LogP contribution in [0.2, 0.25) is 0 Å². The van der Waals surface area contributed by atoms with E-state index in [2.05, 4.69) is 5.32 Å². The van der Waals surface area contributed by atoms with Gasteiger partial charge in [0.15, 0.2) is 11.5 Å². The van der Waals surface area contributed by atoms with Crippen LogP contribution in [0, 0.1) is 0 Å². The second-order valence-corrected chi connectivity index (χ2v) is 4.02. The van der Waals surface area contributed by atoms with Crippen molar-refractivity contribution in [3.8, 4) is 11.5 Å². The Hall–Kier alpha value is -1.75. The van der Waals surface area contributed by atoms with E-state index in [9.17, 15) is 4.79 Å². The van der Waals surface area contributed by atoms with Gasteiger partial charge in [-0.1, -0.05) is 0 Å². The second-order valence-electron chi connectivity index (χ2n) is 4.02. The minimum Gasteiger partial charge on any atom is -0.454 e. The molecular formula is C12H16N2O3. The van der Waals surface area contributed by atoms with E-state index in [0.717, 1.165) is 6.42 Å². The Morgan fingerprint density at radius 1 is 1.47 bits per heavy atom. The summed E-state index contributed by atoms with van der Waals surface area (Å²) in [7, 11) is 0. The number of carbonyl (C=O) groups excluding carboxylic acids is 1. The molecule has 1 aromatic carbocycles.